The van der Waals surface area contributed by atoms with Gasteiger partial charge in [-0.3, -0.25) is 0 Å². The Morgan fingerprint density at radius 2 is 1.96 bits per heavy atom. The Labute approximate surface area is 138 Å². The fraction of sp³-hybridized carbons (Fsp3) is 0.588. The van der Waals surface area contributed by atoms with Crippen LogP contribution >= 0.6 is 0 Å². The number of nitrogen functional groups attached to an aromatic ring is 1. The Morgan fingerprint density at radius 3 is 2.58 bits per heavy atom. The van der Waals surface area contributed by atoms with E-state index >= 15 is 0 Å². The predicted octanol–water partition coefficient (Wildman–Crippen LogP) is 4.21. The van der Waals surface area contributed by atoms with Gasteiger partial charge in [0.05, 0.1) is 16.9 Å². The summed E-state index contributed by atoms with van der Waals surface area (Å²) in [4.78, 5) is 6.13. The van der Waals surface area contributed by atoms with Crippen molar-refractivity contribution in [2.24, 2.45) is 5.92 Å². The van der Waals surface area contributed by atoms with Gasteiger partial charge in [0, 0.05) is 19.1 Å². The first-order valence-corrected chi connectivity index (χ1v) is 8.49. The second kappa shape index (κ2) is 5.29. The van der Waals surface area contributed by atoms with Crippen molar-refractivity contribution in [1.82, 2.24) is 9.55 Å². The van der Waals surface area contributed by atoms with Crippen LogP contribution in [0.2, 0.25) is 0 Å². The monoisotopic (exact) mass is 338 g/mol. The second-order valence-corrected chi connectivity index (χ2v) is 7.10. The molecule has 2 fully saturated rings. The Kier molecular flexibility index (Phi) is 3.44. The second-order valence-electron chi connectivity index (χ2n) is 7.10. The van der Waals surface area contributed by atoms with Crippen LogP contribution in [0, 0.1) is 5.92 Å². The molecule has 7 heteroatoms. The lowest BCUT2D eigenvalue weighted by atomic mass is 9.99. The molecule has 0 bridgehead atoms. The third kappa shape index (κ3) is 2.50. The predicted molar refractivity (Wildman–Crippen MR) is 88.0 cm³/mol. The molecule has 130 valence electrons. The number of piperidine rings is 1. The van der Waals surface area contributed by atoms with Gasteiger partial charge in [-0.15, -0.1) is 0 Å². The molecule has 1 aliphatic carbocycles. The van der Waals surface area contributed by atoms with Crippen LogP contribution in [0.5, 0.6) is 0 Å². The molecule has 1 aromatic carbocycles. The van der Waals surface area contributed by atoms with Gasteiger partial charge in [-0.05, 0) is 43.7 Å². The highest BCUT2D eigenvalue weighted by atomic mass is 19.4. The highest BCUT2D eigenvalue weighted by Crippen LogP contribution is 2.45. The molecule has 1 saturated heterocycles. The average Bonchev–Trinajstić information content (AvgIpc) is 3.26. The van der Waals surface area contributed by atoms with E-state index in [1.807, 2.05) is 0 Å². The third-order valence-electron chi connectivity index (χ3n) is 5.01. The van der Waals surface area contributed by atoms with Crippen LogP contribution in [0.3, 0.4) is 0 Å². The summed E-state index contributed by atoms with van der Waals surface area (Å²) in [5.74, 6) is -0.294. The quantitative estimate of drug-likeness (QED) is 0.835. The standard InChI is InChI=1S/C17H21F3N4/c1-10-3-2-8-23(9-10)15-12(21)6-7-13-14(15)22-16(17(18,19)20)24(13)11-4-5-11/h6-7,10-11H,2-5,8-9,21H2,1H3/t10-/m1/s1. The van der Waals surface area contributed by atoms with Crippen molar-refractivity contribution in [3.05, 3.63) is 18.0 Å². The van der Waals surface area contributed by atoms with Crippen LogP contribution in [0.25, 0.3) is 11.0 Å². The summed E-state index contributed by atoms with van der Waals surface area (Å²) >= 11 is 0. The van der Waals surface area contributed by atoms with E-state index in [4.69, 9.17) is 5.73 Å². The summed E-state index contributed by atoms with van der Waals surface area (Å²) in [6, 6.07) is 3.31. The molecule has 0 unspecified atom stereocenters. The molecular weight excluding hydrogens is 317 g/mol. The van der Waals surface area contributed by atoms with Gasteiger partial charge in [-0.1, -0.05) is 6.92 Å². The van der Waals surface area contributed by atoms with Gasteiger partial charge in [-0.25, -0.2) is 4.98 Å². The van der Waals surface area contributed by atoms with Gasteiger partial charge < -0.3 is 15.2 Å². The van der Waals surface area contributed by atoms with E-state index in [0.717, 1.165) is 38.8 Å². The molecule has 1 atom stereocenters. The molecule has 1 aromatic heterocycles. The number of imidazole rings is 1. The van der Waals surface area contributed by atoms with E-state index in [2.05, 4.69) is 16.8 Å². The number of nitrogens with zero attached hydrogens (tertiary/aromatic N) is 3. The number of aromatic nitrogens is 2. The zero-order chi connectivity index (χ0) is 17.1. The molecule has 2 N–H and O–H groups in total. The first-order valence-electron chi connectivity index (χ1n) is 8.49. The van der Waals surface area contributed by atoms with Crippen molar-refractivity contribution in [2.75, 3.05) is 23.7 Å². The minimum absolute atomic E-state index is 0.0941. The van der Waals surface area contributed by atoms with E-state index in [1.165, 1.54) is 4.57 Å². The van der Waals surface area contributed by atoms with E-state index < -0.39 is 12.0 Å². The summed E-state index contributed by atoms with van der Waals surface area (Å²) < 4.78 is 41.8. The van der Waals surface area contributed by atoms with Crippen molar-refractivity contribution >= 4 is 22.4 Å². The number of halogens is 3. The zero-order valence-corrected chi connectivity index (χ0v) is 13.6. The van der Waals surface area contributed by atoms with Crippen molar-refractivity contribution < 1.29 is 13.2 Å². The molecule has 2 aromatic rings. The lowest BCUT2D eigenvalue weighted by Gasteiger charge is -2.33. The Hall–Kier alpha value is -1.92. The van der Waals surface area contributed by atoms with E-state index in [-0.39, 0.29) is 6.04 Å². The summed E-state index contributed by atoms with van der Waals surface area (Å²) in [7, 11) is 0. The van der Waals surface area contributed by atoms with E-state index in [9.17, 15) is 13.2 Å². The van der Waals surface area contributed by atoms with Crippen LogP contribution in [0.4, 0.5) is 24.5 Å². The number of hydrogen-bond donors (Lipinski definition) is 1. The lowest BCUT2D eigenvalue weighted by Crippen LogP contribution is -2.34. The number of hydrogen-bond acceptors (Lipinski definition) is 3. The summed E-state index contributed by atoms with van der Waals surface area (Å²) in [6.07, 6.45) is -0.754. The Balaban J connectivity index is 1.92. The highest BCUT2D eigenvalue weighted by molar-refractivity contribution is 5.96. The molecule has 0 spiro atoms. The first kappa shape index (κ1) is 15.6. The largest absolute Gasteiger partial charge is 0.449 e. The van der Waals surface area contributed by atoms with Crippen molar-refractivity contribution in [2.45, 2.75) is 44.8 Å². The van der Waals surface area contributed by atoms with E-state index in [1.54, 1.807) is 12.1 Å². The number of fused-ring (bicyclic) bond motifs is 1. The maximum atomic E-state index is 13.5. The van der Waals surface area contributed by atoms with Crippen molar-refractivity contribution in [3.8, 4) is 0 Å². The number of alkyl halides is 3. The van der Waals surface area contributed by atoms with Gasteiger partial charge in [0.15, 0.2) is 0 Å². The summed E-state index contributed by atoms with van der Waals surface area (Å²) in [6.45, 7) is 3.78. The van der Waals surface area contributed by atoms with Crippen molar-refractivity contribution in [1.29, 1.82) is 0 Å². The lowest BCUT2D eigenvalue weighted by molar-refractivity contribution is -0.147. The van der Waals surface area contributed by atoms with Crippen LogP contribution in [0.1, 0.15) is 44.5 Å². The molecule has 1 aliphatic heterocycles. The molecule has 0 amide bonds. The first-order chi connectivity index (χ1) is 11.4. The highest BCUT2D eigenvalue weighted by Gasteiger charge is 2.42. The van der Waals surface area contributed by atoms with Gasteiger partial charge in [0.2, 0.25) is 5.82 Å². The molecule has 24 heavy (non-hydrogen) atoms. The summed E-state index contributed by atoms with van der Waals surface area (Å²) in [5.41, 5.74) is 8.27. The normalized spacial score (nSPS) is 22.3. The van der Waals surface area contributed by atoms with Crippen LogP contribution in [-0.2, 0) is 6.18 Å². The maximum Gasteiger partial charge on any atom is 0.449 e. The maximum absolute atomic E-state index is 13.5. The van der Waals surface area contributed by atoms with Gasteiger partial charge in [0.25, 0.3) is 0 Å². The Morgan fingerprint density at radius 1 is 1.21 bits per heavy atom. The van der Waals surface area contributed by atoms with Gasteiger partial charge in [0.1, 0.15) is 5.52 Å². The fourth-order valence-corrected chi connectivity index (χ4v) is 3.79. The molecule has 4 nitrogen and oxygen atoms in total. The van der Waals surface area contributed by atoms with Crippen molar-refractivity contribution in [3.63, 3.8) is 0 Å². The fourth-order valence-electron chi connectivity index (χ4n) is 3.79. The topological polar surface area (TPSA) is 47.1 Å². The number of anilines is 2. The summed E-state index contributed by atoms with van der Waals surface area (Å²) in [5, 5.41) is 0. The average molecular weight is 338 g/mol. The molecule has 2 heterocycles. The molecule has 4 rings (SSSR count). The molecule has 0 radical (unpaired) electrons. The molecule has 2 aliphatic rings. The SMILES string of the molecule is C[C@@H]1CCCN(c2c(N)ccc3c2nc(C(F)(F)F)n3C2CC2)C1. The minimum atomic E-state index is -4.46. The van der Waals surface area contributed by atoms with Gasteiger partial charge in [-0.2, -0.15) is 13.2 Å². The zero-order valence-electron chi connectivity index (χ0n) is 13.6. The number of benzene rings is 1. The van der Waals surface area contributed by atoms with E-state index in [0.29, 0.717) is 28.3 Å². The van der Waals surface area contributed by atoms with Crippen LogP contribution in [0.15, 0.2) is 12.1 Å². The Bertz CT molecular complexity index is 776. The number of rotatable bonds is 2. The number of nitrogens with two attached hydrogens (primary N) is 1. The third-order valence-corrected chi connectivity index (χ3v) is 5.01. The molecule has 1 saturated carbocycles. The minimum Gasteiger partial charge on any atom is -0.397 e. The van der Waals surface area contributed by atoms with Gasteiger partial charge >= 0.3 is 6.18 Å². The van der Waals surface area contributed by atoms with Crippen LogP contribution < -0.4 is 10.6 Å². The molecular formula is C17H21F3N4. The van der Waals surface area contributed by atoms with Crippen LogP contribution in [-0.4, -0.2) is 22.6 Å². The smallest absolute Gasteiger partial charge is 0.397 e.